The molecule has 1 N–H and O–H groups in total. The number of benzene rings is 2. The van der Waals surface area contributed by atoms with E-state index in [1.54, 1.807) is 62.8 Å². The molecular formula is C21H27NO4. The normalized spacial score (nSPS) is 13.3. The number of carbonyl (C=O) groups is 1. The van der Waals surface area contributed by atoms with E-state index in [4.69, 9.17) is 9.47 Å². The van der Waals surface area contributed by atoms with Crippen LogP contribution in [0.1, 0.15) is 29.8 Å². The minimum absolute atomic E-state index is 0.219. The average molecular weight is 357 g/mol. The Morgan fingerprint density at radius 2 is 1.38 bits per heavy atom. The van der Waals surface area contributed by atoms with Crippen molar-refractivity contribution in [3.05, 3.63) is 59.7 Å². The van der Waals surface area contributed by atoms with Gasteiger partial charge in [-0.3, -0.25) is 4.79 Å². The van der Waals surface area contributed by atoms with Crippen molar-refractivity contribution in [2.24, 2.45) is 0 Å². The van der Waals surface area contributed by atoms with E-state index >= 15 is 0 Å². The number of hydrogen-bond acceptors (Lipinski definition) is 5. The molecule has 0 bridgehead atoms. The first-order valence-corrected chi connectivity index (χ1v) is 8.76. The van der Waals surface area contributed by atoms with Crippen molar-refractivity contribution in [1.29, 1.82) is 0 Å². The summed E-state index contributed by atoms with van der Waals surface area (Å²) in [6, 6.07) is 13.8. The molecule has 0 spiro atoms. The van der Waals surface area contributed by atoms with Crippen LogP contribution in [-0.4, -0.2) is 49.6 Å². The van der Waals surface area contributed by atoms with Crippen LogP contribution < -0.4 is 9.47 Å². The number of Topliss-reactive ketones (excluding diaryl/α,β-unsaturated/α-hetero) is 1. The number of likely N-dealkylation sites (N-methyl/N-ethyl adjacent to an activating group) is 1. The Labute approximate surface area is 155 Å². The van der Waals surface area contributed by atoms with Gasteiger partial charge in [0.15, 0.2) is 11.4 Å². The van der Waals surface area contributed by atoms with E-state index < -0.39 is 5.60 Å². The van der Waals surface area contributed by atoms with Gasteiger partial charge in [-0.05, 0) is 55.1 Å². The Kier molecular flexibility index (Phi) is 6.77. The third-order valence-corrected chi connectivity index (χ3v) is 4.64. The van der Waals surface area contributed by atoms with Gasteiger partial charge in [0, 0.05) is 12.1 Å². The van der Waals surface area contributed by atoms with E-state index in [1.807, 2.05) is 18.7 Å². The van der Waals surface area contributed by atoms with Gasteiger partial charge < -0.3 is 19.5 Å². The van der Waals surface area contributed by atoms with Crippen molar-refractivity contribution in [2.45, 2.75) is 19.4 Å². The molecule has 140 valence electrons. The highest BCUT2D eigenvalue weighted by Crippen LogP contribution is 2.29. The summed E-state index contributed by atoms with van der Waals surface area (Å²) in [5.74, 6) is 1.01. The monoisotopic (exact) mass is 357 g/mol. The third-order valence-electron chi connectivity index (χ3n) is 4.64. The van der Waals surface area contributed by atoms with E-state index in [0.717, 1.165) is 13.1 Å². The van der Waals surface area contributed by atoms with Gasteiger partial charge in [-0.25, -0.2) is 0 Å². The molecule has 0 amide bonds. The zero-order valence-corrected chi connectivity index (χ0v) is 15.9. The lowest BCUT2D eigenvalue weighted by molar-refractivity contribution is 0.00967. The minimum atomic E-state index is -1.65. The molecule has 0 saturated heterocycles. The van der Waals surface area contributed by atoms with Crippen LogP contribution in [0.2, 0.25) is 0 Å². The SMILES string of the molecule is CCN(CC)CC(O)(C(=O)c1ccc(OC)cc1)c1ccc(OC)cc1. The van der Waals surface area contributed by atoms with Gasteiger partial charge in [-0.15, -0.1) is 0 Å². The van der Waals surface area contributed by atoms with Crippen LogP contribution in [0.3, 0.4) is 0 Å². The smallest absolute Gasteiger partial charge is 0.200 e. The maximum atomic E-state index is 13.2. The number of carbonyl (C=O) groups excluding carboxylic acids is 1. The lowest BCUT2D eigenvalue weighted by Crippen LogP contribution is -2.46. The minimum Gasteiger partial charge on any atom is -0.497 e. The fourth-order valence-corrected chi connectivity index (χ4v) is 2.91. The molecular weight excluding hydrogens is 330 g/mol. The van der Waals surface area contributed by atoms with Crippen LogP contribution in [0.5, 0.6) is 11.5 Å². The second kappa shape index (κ2) is 8.83. The van der Waals surface area contributed by atoms with Gasteiger partial charge in [0.25, 0.3) is 0 Å². The third kappa shape index (κ3) is 4.23. The molecule has 5 heteroatoms. The predicted octanol–water partition coefficient (Wildman–Crippen LogP) is 3.12. The molecule has 2 aromatic rings. The summed E-state index contributed by atoms with van der Waals surface area (Å²) >= 11 is 0. The highest BCUT2D eigenvalue weighted by molar-refractivity contribution is 6.03. The van der Waals surface area contributed by atoms with Crippen molar-refractivity contribution in [1.82, 2.24) is 4.90 Å². The number of aliphatic hydroxyl groups is 1. The first kappa shape index (κ1) is 19.9. The van der Waals surface area contributed by atoms with Crippen LogP contribution in [0, 0.1) is 0 Å². The fourth-order valence-electron chi connectivity index (χ4n) is 2.91. The molecule has 0 fully saturated rings. The van der Waals surface area contributed by atoms with E-state index in [-0.39, 0.29) is 12.3 Å². The molecule has 0 aliphatic carbocycles. The van der Waals surface area contributed by atoms with Gasteiger partial charge in [0.1, 0.15) is 11.5 Å². The van der Waals surface area contributed by atoms with Crippen molar-refractivity contribution in [3.63, 3.8) is 0 Å². The molecule has 1 atom stereocenters. The lowest BCUT2D eigenvalue weighted by Gasteiger charge is -2.33. The highest BCUT2D eigenvalue weighted by Gasteiger charge is 2.39. The summed E-state index contributed by atoms with van der Waals surface area (Å²) in [5.41, 5.74) is -0.658. The summed E-state index contributed by atoms with van der Waals surface area (Å²) in [7, 11) is 3.16. The van der Waals surface area contributed by atoms with Crippen molar-refractivity contribution in [3.8, 4) is 11.5 Å². The van der Waals surface area contributed by atoms with Crippen molar-refractivity contribution >= 4 is 5.78 Å². The Balaban J connectivity index is 2.44. The van der Waals surface area contributed by atoms with Crippen LogP contribution in [0.15, 0.2) is 48.5 Å². The highest BCUT2D eigenvalue weighted by atomic mass is 16.5. The van der Waals surface area contributed by atoms with E-state index in [9.17, 15) is 9.90 Å². The molecule has 0 heterocycles. The molecule has 0 aliphatic heterocycles. The summed E-state index contributed by atoms with van der Waals surface area (Å²) in [5, 5.41) is 11.5. The molecule has 26 heavy (non-hydrogen) atoms. The second-order valence-corrected chi connectivity index (χ2v) is 6.11. The maximum Gasteiger partial charge on any atom is 0.200 e. The Bertz CT molecular complexity index is 708. The van der Waals surface area contributed by atoms with Gasteiger partial charge in [-0.2, -0.15) is 0 Å². The molecule has 0 aromatic heterocycles. The summed E-state index contributed by atoms with van der Waals surface area (Å²) in [6.07, 6.45) is 0. The first-order chi connectivity index (χ1) is 12.5. The molecule has 5 nitrogen and oxygen atoms in total. The van der Waals surface area contributed by atoms with Gasteiger partial charge in [-0.1, -0.05) is 26.0 Å². The number of rotatable bonds is 9. The summed E-state index contributed by atoms with van der Waals surface area (Å²) in [6.45, 7) is 5.72. The number of ether oxygens (including phenoxy) is 2. The van der Waals surface area contributed by atoms with Crippen molar-refractivity contribution in [2.75, 3.05) is 33.9 Å². The average Bonchev–Trinajstić information content (AvgIpc) is 2.71. The quantitative estimate of drug-likeness (QED) is 0.699. The molecule has 0 aliphatic rings. The standard InChI is InChI=1S/C21H27NO4/c1-5-22(6-2)15-21(24,17-9-13-19(26-4)14-10-17)20(23)16-7-11-18(25-3)12-8-16/h7-14,24H,5-6,15H2,1-4H3. The van der Waals surface area contributed by atoms with E-state index in [1.165, 1.54) is 0 Å². The van der Waals surface area contributed by atoms with E-state index in [2.05, 4.69) is 0 Å². The molecule has 2 rings (SSSR count). The number of nitrogens with zero attached hydrogens (tertiary/aromatic N) is 1. The molecule has 0 radical (unpaired) electrons. The lowest BCUT2D eigenvalue weighted by atomic mass is 9.85. The van der Waals surface area contributed by atoms with E-state index in [0.29, 0.717) is 22.6 Å². The van der Waals surface area contributed by atoms with Crippen LogP contribution in [0.25, 0.3) is 0 Å². The number of ketones is 1. The number of methoxy groups -OCH3 is 2. The molecule has 2 aromatic carbocycles. The zero-order chi connectivity index (χ0) is 19.2. The van der Waals surface area contributed by atoms with Crippen molar-refractivity contribution < 1.29 is 19.4 Å². The summed E-state index contributed by atoms with van der Waals surface area (Å²) < 4.78 is 10.3. The van der Waals surface area contributed by atoms with Crippen LogP contribution in [0.4, 0.5) is 0 Å². The molecule has 1 unspecified atom stereocenters. The Hall–Kier alpha value is -2.37. The number of hydrogen-bond donors (Lipinski definition) is 1. The topological polar surface area (TPSA) is 59.0 Å². The predicted molar refractivity (Wildman–Crippen MR) is 102 cm³/mol. The zero-order valence-electron chi connectivity index (χ0n) is 15.9. The maximum absolute atomic E-state index is 13.2. The molecule has 0 saturated carbocycles. The van der Waals surface area contributed by atoms with Gasteiger partial charge >= 0.3 is 0 Å². The van der Waals surface area contributed by atoms with Crippen LogP contribution in [-0.2, 0) is 5.60 Å². The second-order valence-electron chi connectivity index (χ2n) is 6.11. The van der Waals surface area contributed by atoms with Gasteiger partial charge in [0.05, 0.1) is 14.2 Å². The van der Waals surface area contributed by atoms with Crippen LogP contribution >= 0.6 is 0 Å². The fraction of sp³-hybridized carbons (Fsp3) is 0.381. The largest absolute Gasteiger partial charge is 0.497 e. The summed E-state index contributed by atoms with van der Waals surface area (Å²) in [4.78, 5) is 15.3. The van der Waals surface area contributed by atoms with Gasteiger partial charge in [0.2, 0.25) is 0 Å². The Morgan fingerprint density at radius 3 is 1.81 bits per heavy atom. The Morgan fingerprint density at radius 1 is 0.923 bits per heavy atom. The first-order valence-electron chi connectivity index (χ1n) is 8.76.